The van der Waals surface area contributed by atoms with Gasteiger partial charge in [0.25, 0.3) is 0 Å². The van der Waals surface area contributed by atoms with Crippen LogP contribution in [0.4, 0.5) is 32.2 Å². The molecule has 0 amide bonds. The number of hydrogen-bond donors (Lipinski definition) is 1. The summed E-state index contributed by atoms with van der Waals surface area (Å²) in [7, 11) is 0. The van der Waals surface area contributed by atoms with Gasteiger partial charge in [0.05, 0.1) is 6.61 Å². The zero-order chi connectivity index (χ0) is 16.1. The minimum absolute atomic E-state index is 0.169. The standard InChI is InChI=1S/C12H14F6N2O/c1-2-4-19-9-6-8(3-5-20-9)7-21-10(11(13,14)15)12(16,17)18/h3,5-6,10H,2,4,7H2,1H3,(H,19,20). The number of nitrogens with zero attached hydrogens (tertiary/aromatic N) is 1. The molecule has 0 atom stereocenters. The van der Waals surface area contributed by atoms with E-state index in [-0.39, 0.29) is 5.56 Å². The van der Waals surface area contributed by atoms with E-state index in [1.165, 1.54) is 18.3 Å². The second kappa shape index (κ2) is 6.97. The summed E-state index contributed by atoms with van der Waals surface area (Å²) in [5, 5.41) is 2.87. The lowest BCUT2D eigenvalue weighted by molar-refractivity contribution is -0.324. The Kier molecular flexibility index (Phi) is 5.82. The van der Waals surface area contributed by atoms with Crippen molar-refractivity contribution in [3.8, 4) is 0 Å². The van der Waals surface area contributed by atoms with Crippen LogP contribution in [0.15, 0.2) is 18.3 Å². The van der Waals surface area contributed by atoms with Crippen molar-refractivity contribution in [2.75, 3.05) is 11.9 Å². The van der Waals surface area contributed by atoms with Gasteiger partial charge in [-0.3, -0.25) is 0 Å². The van der Waals surface area contributed by atoms with Gasteiger partial charge in [-0.15, -0.1) is 0 Å². The summed E-state index contributed by atoms with van der Waals surface area (Å²) in [4.78, 5) is 3.89. The summed E-state index contributed by atoms with van der Waals surface area (Å²) < 4.78 is 77.8. The number of nitrogens with one attached hydrogen (secondary N) is 1. The molecule has 120 valence electrons. The number of hydrogen-bond acceptors (Lipinski definition) is 3. The molecule has 1 N–H and O–H groups in total. The van der Waals surface area contributed by atoms with E-state index in [0.717, 1.165) is 6.42 Å². The molecule has 0 saturated heterocycles. The molecule has 0 radical (unpaired) electrons. The third-order valence-electron chi connectivity index (χ3n) is 2.39. The van der Waals surface area contributed by atoms with Crippen molar-refractivity contribution in [3.05, 3.63) is 23.9 Å². The molecule has 1 aromatic rings. The molecule has 3 nitrogen and oxygen atoms in total. The number of ether oxygens (including phenoxy) is 1. The third kappa shape index (κ3) is 5.78. The summed E-state index contributed by atoms with van der Waals surface area (Å²) >= 11 is 0. The summed E-state index contributed by atoms with van der Waals surface area (Å²) in [6.45, 7) is 1.68. The second-order valence-electron chi connectivity index (χ2n) is 4.25. The highest BCUT2D eigenvalue weighted by molar-refractivity contribution is 5.37. The normalized spacial score (nSPS) is 12.8. The van der Waals surface area contributed by atoms with Gasteiger partial charge in [0.1, 0.15) is 5.82 Å². The van der Waals surface area contributed by atoms with Crippen LogP contribution in [0.1, 0.15) is 18.9 Å². The molecule has 21 heavy (non-hydrogen) atoms. The molecule has 0 aromatic carbocycles. The molecule has 0 saturated carbocycles. The largest absolute Gasteiger partial charge is 0.423 e. The van der Waals surface area contributed by atoms with Gasteiger partial charge in [-0.1, -0.05) is 6.92 Å². The summed E-state index contributed by atoms with van der Waals surface area (Å²) in [6, 6.07) is 2.64. The molecule has 1 heterocycles. The van der Waals surface area contributed by atoms with Crippen molar-refractivity contribution in [2.24, 2.45) is 0 Å². The molecule has 0 aliphatic carbocycles. The average Bonchev–Trinajstić information content (AvgIpc) is 2.33. The Morgan fingerprint density at radius 3 is 2.33 bits per heavy atom. The van der Waals surface area contributed by atoms with Crippen LogP contribution in [-0.2, 0) is 11.3 Å². The Labute approximate surface area is 117 Å². The first-order valence-corrected chi connectivity index (χ1v) is 6.08. The number of rotatable bonds is 6. The fraction of sp³-hybridized carbons (Fsp3) is 0.583. The Bertz CT molecular complexity index is 432. The van der Waals surface area contributed by atoms with E-state index in [0.29, 0.717) is 12.4 Å². The molecule has 0 unspecified atom stereocenters. The van der Waals surface area contributed by atoms with Crippen LogP contribution in [0.25, 0.3) is 0 Å². The first-order chi connectivity index (χ1) is 9.64. The monoisotopic (exact) mass is 316 g/mol. The van der Waals surface area contributed by atoms with Crippen LogP contribution < -0.4 is 5.32 Å². The number of pyridine rings is 1. The maximum Gasteiger partial charge on any atom is 0.423 e. The van der Waals surface area contributed by atoms with Gasteiger partial charge in [-0.05, 0) is 24.1 Å². The van der Waals surface area contributed by atoms with E-state index in [1.54, 1.807) is 0 Å². The SMILES string of the molecule is CCCNc1cc(COC(C(F)(F)F)C(F)(F)F)ccn1. The van der Waals surface area contributed by atoms with Crippen molar-refractivity contribution >= 4 is 5.82 Å². The minimum atomic E-state index is -5.51. The molecular formula is C12H14F6N2O. The molecule has 0 fully saturated rings. The zero-order valence-corrected chi connectivity index (χ0v) is 11.1. The predicted octanol–water partition coefficient (Wildman–Crippen LogP) is 3.91. The zero-order valence-electron chi connectivity index (χ0n) is 11.1. The highest BCUT2D eigenvalue weighted by Crippen LogP contribution is 2.36. The lowest BCUT2D eigenvalue weighted by Gasteiger charge is -2.23. The smallest absolute Gasteiger partial charge is 0.370 e. The van der Waals surface area contributed by atoms with Crippen LogP contribution in [-0.4, -0.2) is 30.0 Å². The summed E-state index contributed by atoms with van der Waals surface area (Å²) in [5.74, 6) is 0.369. The fourth-order valence-electron chi connectivity index (χ4n) is 1.47. The van der Waals surface area contributed by atoms with Crippen molar-refractivity contribution in [3.63, 3.8) is 0 Å². The molecule has 1 aromatic heterocycles. The number of halogens is 6. The molecule has 9 heteroatoms. The number of aromatic nitrogens is 1. The molecular weight excluding hydrogens is 302 g/mol. The summed E-state index contributed by atoms with van der Waals surface area (Å²) in [6.07, 6.45) is -12.7. The van der Waals surface area contributed by atoms with Gasteiger partial charge in [0.2, 0.25) is 6.10 Å². The highest BCUT2D eigenvalue weighted by atomic mass is 19.4. The van der Waals surface area contributed by atoms with E-state index < -0.39 is 25.1 Å². The maximum absolute atomic E-state index is 12.3. The Morgan fingerprint density at radius 2 is 1.81 bits per heavy atom. The minimum Gasteiger partial charge on any atom is -0.370 e. The van der Waals surface area contributed by atoms with E-state index >= 15 is 0 Å². The van der Waals surface area contributed by atoms with Gasteiger partial charge in [-0.2, -0.15) is 26.3 Å². The lowest BCUT2D eigenvalue weighted by Crippen LogP contribution is -2.44. The van der Waals surface area contributed by atoms with Gasteiger partial charge >= 0.3 is 12.4 Å². The Balaban J connectivity index is 2.72. The average molecular weight is 316 g/mol. The van der Waals surface area contributed by atoms with Crippen LogP contribution in [0.3, 0.4) is 0 Å². The lowest BCUT2D eigenvalue weighted by atomic mass is 10.2. The van der Waals surface area contributed by atoms with E-state index in [4.69, 9.17) is 0 Å². The topological polar surface area (TPSA) is 34.1 Å². The van der Waals surface area contributed by atoms with E-state index in [2.05, 4.69) is 15.0 Å². The predicted molar refractivity (Wildman–Crippen MR) is 63.7 cm³/mol. The van der Waals surface area contributed by atoms with Crippen LogP contribution in [0, 0.1) is 0 Å². The third-order valence-corrected chi connectivity index (χ3v) is 2.39. The first-order valence-electron chi connectivity index (χ1n) is 6.08. The first kappa shape index (κ1) is 17.5. The van der Waals surface area contributed by atoms with Crippen molar-refractivity contribution in [2.45, 2.75) is 38.4 Å². The molecule has 1 rings (SSSR count). The van der Waals surface area contributed by atoms with Crippen molar-refractivity contribution < 1.29 is 31.1 Å². The number of anilines is 1. The fourth-order valence-corrected chi connectivity index (χ4v) is 1.47. The van der Waals surface area contributed by atoms with Gasteiger partial charge in [0, 0.05) is 12.7 Å². The molecule has 0 aliphatic heterocycles. The van der Waals surface area contributed by atoms with Crippen molar-refractivity contribution in [1.82, 2.24) is 4.98 Å². The molecule has 0 aliphatic rings. The quantitative estimate of drug-likeness (QED) is 0.808. The van der Waals surface area contributed by atoms with E-state index in [1.807, 2.05) is 6.92 Å². The van der Waals surface area contributed by atoms with Gasteiger partial charge in [0.15, 0.2) is 0 Å². The van der Waals surface area contributed by atoms with E-state index in [9.17, 15) is 26.3 Å². The highest BCUT2D eigenvalue weighted by Gasteiger charge is 2.57. The van der Waals surface area contributed by atoms with Crippen LogP contribution in [0.2, 0.25) is 0 Å². The summed E-state index contributed by atoms with van der Waals surface area (Å²) in [5.41, 5.74) is 0.169. The number of alkyl halides is 6. The van der Waals surface area contributed by atoms with Crippen LogP contribution >= 0.6 is 0 Å². The molecule has 0 spiro atoms. The maximum atomic E-state index is 12.3. The van der Waals surface area contributed by atoms with Gasteiger partial charge < -0.3 is 10.1 Å². The Hall–Kier alpha value is -1.51. The Morgan fingerprint density at radius 1 is 1.19 bits per heavy atom. The van der Waals surface area contributed by atoms with Gasteiger partial charge in [-0.25, -0.2) is 4.98 Å². The molecule has 0 bridgehead atoms. The van der Waals surface area contributed by atoms with Crippen molar-refractivity contribution in [1.29, 1.82) is 0 Å². The van der Waals surface area contributed by atoms with Crippen LogP contribution in [0.5, 0.6) is 0 Å². The second-order valence-corrected chi connectivity index (χ2v) is 4.25.